The van der Waals surface area contributed by atoms with Gasteiger partial charge in [-0.15, -0.1) is 0 Å². The molecule has 0 spiro atoms. The first kappa shape index (κ1) is 73.7. The predicted molar refractivity (Wildman–Crippen MR) is 296 cm³/mol. The molecular weight excluding hydrogens is 991 g/mol. The highest BCUT2D eigenvalue weighted by Crippen LogP contribution is 1.92. The zero-order valence-corrected chi connectivity index (χ0v) is 47.0. The van der Waals surface area contributed by atoms with Crippen molar-refractivity contribution < 1.29 is 66.9 Å². The van der Waals surface area contributed by atoms with Crippen LogP contribution in [0.25, 0.3) is 0 Å². The maximum absolute atomic E-state index is 12.0. The lowest BCUT2D eigenvalue weighted by Gasteiger charge is -2.09. The molecule has 0 aromatic heterocycles. The summed E-state index contributed by atoms with van der Waals surface area (Å²) in [5.41, 5.74) is 0. The second-order valence-corrected chi connectivity index (χ2v) is 17.5. The van der Waals surface area contributed by atoms with Crippen LogP contribution in [0.1, 0.15) is 51.4 Å². The van der Waals surface area contributed by atoms with Crippen LogP contribution in [0.5, 0.6) is 0 Å². The molecule has 0 fully saturated rings. The van der Waals surface area contributed by atoms with Gasteiger partial charge in [0.05, 0.1) is 125 Å². The van der Waals surface area contributed by atoms with Gasteiger partial charge in [0.15, 0.2) is 0 Å². The Balaban J connectivity index is 3.21. The number of carbonyl (C=O) groups is 3. The van der Waals surface area contributed by atoms with E-state index < -0.39 is 5.97 Å². The van der Waals surface area contributed by atoms with Crippen molar-refractivity contribution in [2.24, 2.45) is 0 Å². The number of aliphatic carboxylic acids is 1. The van der Waals surface area contributed by atoms with E-state index in [0.717, 1.165) is 105 Å². The van der Waals surface area contributed by atoms with Gasteiger partial charge in [-0.1, -0.05) is 0 Å². The average molecular weight is 1100 g/mol. The number of ether oxygens (including phenoxy) is 10. The van der Waals surface area contributed by atoms with Gasteiger partial charge in [0.2, 0.25) is 5.91 Å². The van der Waals surface area contributed by atoms with Crippen molar-refractivity contribution in [3.63, 3.8) is 0 Å². The summed E-state index contributed by atoms with van der Waals surface area (Å²) < 4.78 is 53.6. The highest BCUT2D eigenvalue weighted by molar-refractivity contribution is 5.77. The van der Waals surface area contributed by atoms with Crippen LogP contribution in [0.4, 0.5) is 0 Å². The van der Waals surface area contributed by atoms with Crippen molar-refractivity contribution in [3.05, 3.63) is 0 Å². The van der Waals surface area contributed by atoms with E-state index in [1.165, 1.54) is 38.5 Å². The minimum Gasteiger partial charge on any atom is -0.480 e. The third kappa shape index (κ3) is 67.8. The molecule has 0 saturated heterocycles. The number of carboxylic acids is 1. The van der Waals surface area contributed by atoms with Crippen LogP contribution < -0.4 is 58.5 Å². The van der Waals surface area contributed by atoms with E-state index >= 15 is 0 Å². The van der Waals surface area contributed by atoms with Gasteiger partial charge in [-0.3, -0.25) is 14.4 Å². The van der Waals surface area contributed by atoms with E-state index in [9.17, 15) is 14.4 Å². The number of nitrogens with one attached hydrogen (secondary N) is 11. The average Bonchev–Trinajstić information content (AvgIpc) is 3.41. The summed E-state index contributed by atoms with van der Waals surface area (Å²) in [6.45, 7) is 25.2. The summed E-state index contributed by atoms with van der Waals surface area (Å²) in [7, 11) is 1.64. The lowest BCUT2D eigenvalue weighted by molar-refractivity contribution is -0.142. The third-order valence-electron chi connectivity index (χ3n) is 10.7. The van der Waals surface area contributed by atoms with E-state index in [2.05, 4.69) is 58.5 Å². The van der Waals surface area contributed by atoms with E-state index in [0.29, 0.717) is 145 Å². The Bertz CT molecular complexity index is 1190. The monoisotopic (exact) mass is 1100 g/mol. The highest BCUT2D eigenvalue weighted by Gasteiger charge is 2.04. The Kier molecular flexibility index (Phi) is 64.9. The molecule has 0 saturated carbocycles. The molecular formula is C51H109N11O14. The van der Waals surface area contributed by atoms with Gasteiger partial charge in [0.1, 0.15) is 6.61 Å². The molecule has 0 unspecified atom stereocenters. The molecule has 12 N–H and O–H groups in total. The van der Waals surface area contributed by atoms with Crippen LogP contribution >= 0.6 is 0 Å². The topological polar surface area (TPSA) is 296 Å². The van der Waals surface area contributed by atoms with Gasteiger partial charge in [0.25, 0.3) is 0 Å². The minimum absolute atomic E-state index is 0.00829. The lowest BCUT2D eigenvalue weighted by Crippen LogP contribution is -2.36. The number of hydrogen-bond acceptors (Lipinski definition) is 23. The van der Waals surface area contributed by atoms with Crippen LogP contribution in [0.15, 0.2) is 0 Å². The van der Waals surface area contributed by atoms with Crippen LogP contribution in [-0.4, -0.2) is 286 Å². The quantitative estimate of drug-likeness (QED) is 0.0222. The highest BCUT2D eigenvalue weighted by atomic mass is 16.6. The Morgan fingerprint density at radius 1 is 0.303 bits per heavy atom. The van der Waals surface area contributed by atoms with Crippen LogP contribution in [0, 0.1) is 0 Å². The maximum Gasteiger partial charge on any atom is 0.319 e. The Morgan fingerprint density at radius 3 is 0.921 bits per heavy atom. The first-order valence-corrected chi connectivity index (χ1v) is 28.4. The third-order valence-corrected chi connectivity index (χ3v) is 10.7. The molecule has 0 aromatic carbocycles. The van der Waals surface area contributed by atoms with E-state index in [1.807, 2.05) is 0 Å². The van der Waals surface area contributed by atoms with Gasteiger partial charge in [-0.2, -0.15) is 0 Å². The van der Waals surface area contributed by atoms with Crippen LogP contribution in [-0.2, 0) is 61.8 Å². The summed E-state index contributed by atoms with van der Waals surface area (Å²) in [6.07, 6.45) is 8.50. The molecule has 1 amide bonds. The van der Waals surface area contributed by atoms with Crippen molar-refractivity contribution >= 4 is 17.8 Å². The van der Waals surface area contributed by atoms with E-state index in [4.69, 9.17) is 52.5 Å². The fourth-order valence-electron chi connectivity index (χ4n) is 6.54. The van der Waals surface area contributed by atoms with E-state index in [-0.39, 0.29) is 31.6 Å². The Morgan fingerprint density at radius 2 is 0.579 bits per heavy atom. The van der Waals surface area contributed by atoms with Crippen molar-refractivity contribution in [2.45, 2.75) is 51.4 Å². The second-order valence-electron chi connectivity index (χ2n) is 17.5. The normalized spacial score (nSPS) is 11.5. The fraction of sp³-hybridized carbons (Fsp3) is 0.941. The number of carboxylic acid groups (broad SMARTS) is 1. The Labute approximate surface area is 456 Å². The molecule has 0 aliphatic carbocycles. The Hall–Kier alpha value is -2.35. The zero-order chi connectivity index (χ0) is 54.8. The molecule has 25 heteroatoms. The summed E-state index contributed by atoms with van der Waals surface area (Å²) in [6, 6.07) is 0. The molecule has 0 heterocycles. The standard InChI is InChI=1S/C51H109N11O14/c1-67-30-31-68-32-33-69-34-35-70-36-37-71-38-39-72-40-41-73-42-43-74-44-45-75-48-49(63)62-16-8-9-29-76-51(66)47-61-28-26-59-24-22-57-20-18-55-15-7-5-13-53-11-3-2-10-52-12-4-6-14-54-17-19-56-21-23-58-25-27-60-46-50(64)65/h52-61H,2-48H2,1H3,(H,62,63)(H,64,65). The van der Waals surface area contributed by atoms with Crippen molar-refractivity contribution in [3.8, 4) is 0 Å². The molecule has 0 atom stereocenters. The number of esters is 1. The fourth-order valence-corrected chi connectivity index (χ4v) is 6.54. The van der Waals surface area contributed by atoms with Gasteiger partial charge in [-0.25, -0.2) is 0 Å². The first-order chi connectivity index (χ1) is 37.6. The number of methoxy groups -OCH3 is 1. The number of rotatable bonds is 68. The van der Waals surface area contributed by atoms with Crippen LogP contribution in [0.2, 0.25) is 0 Å². The zero-order valence-electron chi connectivity index (χ0n) is 47.0. The largest absolute Gasteiger partial charge is 0.480 e. The minimum atomic E-state index is -0.826. The summed E-state index contributed by atoms with van der Waals surface area (Å²) in [5.74, 6) is -1.31. The smallest absolute Gasteiger partial charge is 0.319 e. The molecule has 0 aliphatic rings. The molecule has 0 aliphatic heterocycles. The van der Waals surface area contributed by atoms with Crippen molar-refractivity contribution in [1.29, 1.82) is 0 Å². The molecule has 25 nitrogen and oxygen atoms in total. The van der Waals surface area contributed by atoms with Gasteiger partial charge in [0, 0.05) is 92.2 Å². The van der Waals surface area contributed by atoms with Gasteiger partial charge in [-0.05, 0) is 90.6 Å². The van der Waals surface area contributed by atoms with Gasteiger partial charge < -0.3 is 111 Å². The molecule has 0 radical (unpaired) electrons. The van der Waals surface area contributed by atoms with Crippen molar-refractivity contribution in [2.75, 3.05) is 263 Å². The first-order valence-electron chi connectivity index (χ1n) is 28.4. The van der Waals surface area contributed by atoms with Crippen molar-refractivity contribution in [1.82, 2.24) is 58.5 Å². The molecule has 0 rings (SSSR count). The van der Waals surface area contributed by atoms with E-state index in [1.54, 1.807) is 7.11 Å². The molecule has 0 bridgehead atoms. The summed E-state index contributed by atoms with van der Waals surface area (Å²) >= 11 is 0. The number of unbranched alkanes of at least 4 members (excludes halogenated alkanes) is 4. The van der Waals surface area contributed by atoms with Gasteiger partial charge >= 0.3 is 11.9 Å². The summed E-state index contributed by atoms with van der Waals surface area (Å²) in [5, 5.41) is 44.9. The molecule has 0 aromatic rings. The molecule has 452 valence electrons. The second kappa shape index (κ2) is 66.9. The molecule has 76 heavy (non-hydrogen) atoms. The number of amides is 1. The maximum atomic E-state index is 12.0. The summed E-state index contributed by atoms with van der Waals surface area (Å²) in [4.78, 5) is 34.4. The van der Waals surface area contributed by atoms with Crippen LogP contribution in [0.3, 0.4) is 0 Å². The lowest BCUT2D eigenvalue weighted by atomic mass is 10.2. The predicted octanol–water partition coefficient (Wildman–Crippen LogP) is -2.47. The SMILES string of the molecule is COCCOCCOCCOCCOCCOCCOCCOCCOCC(=O)NCCCCOC(=O)CNCCNCCNCCNCCCCNCCCCNCCCCNCCNCCNCCNCC(=O)O. The number of carbonyl (C=O) groups excluding carboxylic acids is 2. The number of hydrogen-bond donors (Lipinski definition) is 12.